The Hall–Kier alpha value is -2.86. The normalized spacial score (nSPS) is 11.1. The maximum atomic E-state index is 12.5. The first-order chi connectivity index (χ1) is 13.7. The van der Waals surface area contributed by atoms with Gasteiger partial charge in [0.1, 0.15) is 12.4 Å². The molecule has 0 bridgehead atoms. The van der Waals surface area contributed by atoms with Crippen molar-refractivity contribution < 1.29 is 19.0 Å². The van der Waals surface area contributed by atoms with Crippen LogP contribution < -0.4 is 10.1 Å². The molecular weight excluding hydrogens is 356 g/mol. The van der Waals surface area contributed by atoms with Gasteiger partial charge in [0.05, 0.1) is 13.7 Å². The van der Waals surface area contributed by atoms with E-state index in [1.807, 2.05) is 25.1 Å². The fraction of sp³-hybridized carbons (Fsp3) is 0.364. The zero-order valence-electron chi connectivity index (χ0n) is 16.5. The van der Waals surface area contributed by atoms with Crippen LogP contribution in [-0.2, 0) is 15.9 Å². The number of rotatable bonds is 10. The molecule has 0 aromatic heterocycles. The summed E-state index contributed by atoms with van der Waals surface area (Å²) >= 11 is 0. The van der Waals surface area contributed by atoms with Crippen LogP contribution in [0.4, 0.5) is 0 Å². The molecule has 0 radical (unpaired) electrons. The highest BCUT2D eigenvalue weighted by atomic mass is 16.5. The van der Waals surface area contributed by atoms with E-state index >= 15 is 0 Å². The molecule has 28 heavy (non-hydrogen) atoms. The predicted octanol–water partition coefficient (Wildman–Crippen LogP) is 3.47. The maximum absolute atomic E-state index is 12.5. The lowest BCUT2D eigenvalue weighted by molar-refractivity contribution is 0.0921. The van der Waals surface area contributed by atoms with E-state index in [0.29, 0.717) is 37.7 Å². The Balaban J connectivity index is 1.93. The molecule has 6 nitrogen and oxygen atoms in total. The molecule has 0 heterocycles. The molecule has 0 aliphatic heterocycles. The average Bonchev–Trinajstić information content (AvgIpc) is 2.74. The quantitative estimate of drug-likeness (QED) is 0.387. The topological polar surface area (TPSA) is 69.2 Å². The van der Waals surface area contributed by atoms with Gasteiger partial charge in [0, 0.05) is 18.7 Å². The zero-order valence-corrected chi connectivity index (χ0v) is 16.5. The number of nitrogens with one attached hydrogen (secondary N) is 1. The second-order valence-corrected chi connectivity index (χ2v) is 6.01. The van der Waals surface area contributed by atoms with Gasteiger partial charge >= 0.3 is 0 Å². The lowest BCUT2D eigenvalue weighted by atomic mass is 10.1. The van der Waals surface area contributed by atoms with Gasteiger partial charge in [0.25, 0.3) is 11.9 Å². The van der Waals surface area contributed by atoms with Crippen LogP contribution in [0.3, 0.4) is 0 Å². The molecule has 0 saturated heterocycles. The van der Waals surface area contributed by atoms with Crippen molar-refractivity contribution in [3.63, 3.8) is 0 Å². The number of aliphatic imine (C=N–C) groups is 1. The molecule has 1 amide bonds. The molecule has 0 aliphatic rings. The number of ether oxygens (including phenoxy) is 3. The largest absolute Gasteiger partial charge is 0.497 e. The summed E-state index contributed by atoms with van der Waals surface area (Å²) in [6, 6.07) is 17.4. The molecule has 150 valence electrons. The standard InChI is InChI=1S/C22H28N2O4/c1-3-27-15-16-28-22(23-14-8-11-18-9-5-4-6-10-18)24-21(25)19-12-7-13-20(17-19)26-2/h4-7,9-10,12-13,17H,3,8,11,14-16H2,1-2H3,(H,23,24,25). The van der Waals surface area contributed by atoms with Gasteiger partial charge in [0.2, 0.25) is 0 Å². The van der Waals surface area contributed by atoms with Crippen molar-refractivity contribution in [2.24, 2.45) is 4.99 Å². The van der Waals surface area contributed by atoms with Gasteiger partial charge in [-0.05, 0) is 43.5 Å². The van der Waals surface area contributed by atoms with E-state index in [4.69, 9.17) is 14.2 Å². The second kappa shape index (κ2) is 12.5. The van der Waals surface area contributed by atoms with Crippen molar-refractivity contribution in [1.29, 1.82) is 0 Å². The van der Waals surface area contributed by atoms with E-state index in [1.165, 1.54) is 5.56 Å². The highest BCUT2D eigenvalue weighted by Crippen LogP contribution is 2.12. The minimum Gasteiger partial charge on any atom is -0.497 e. The number of hydrogen-bond acceptors (Lipinski definition) is 5. The van der Waals surface area contributed by atoms with Crippen molar-refractivity contribution in [3.8, 4) is 5.75 Å². The van der Waals surface area contributed by atoms with Crippen LogP contribution >= 0.6 is 0 Å². The third-order valence-electron chi connectivity index (χ3n) is 3.94. The number of aryl methyl sites for hydroxylation is 1. The number of carbonyl (C=O) groups excluding carboxylic acids is 1. The number of amides is 1. The number of benzene rings is 2. The summed E-state index contributed by atoms with van der Waals surface area (Å²) in [6.07, 6.45) is 1.78. The number of amidine groups is 1. The first-order valence-corrected chi connectivity index (χ1v) is 9.47. The lowest BCUT2D eigenvalue weighted by Gasteiger charge is -2.11. The Morgan fingerprint density at radius 2 is 1.89 bits per heavy atom. The van der Waals surface area contributed by atoms with Crippen molar-refractivity contribution in [1.82, 2.24) is 5.32 Å². The van der Waals surface area contributed by atoms with Gasteiger partial charge in [-0.15, -0.1) is 0 Å². The summed E-state index contributed by atoms with van der Waals surface area (Å²) in [4.78, 5) is 16.9. The number of carbonyl (C=O) groups is 1. The van der Waals surface area contributed by atoms with Crippen LogP contribution in [0.25, 0.3) is 0 Å². The van der Waals surface area contributed by atoms with E-state index in [9.17, 15) is 4.79 Å². The number of nitrogens with zero attached hydrogens (tertiary/aromatic N) is 1. The molecule has 0 aliphatic carbocycles. The van der Waals surface area contributed by atoms with Crippen LogP contribution in [0, 0.1) is 0 Å². The minimum atomic E-state index is -0.294. The Morgan fingerprint density at radius 3 is 2.64 bits per heavy atom. The molecule has 0 unspecified atom stereocenters. The SMILES string of the molecule is CCOCCOC(=NCCCc1ccccc1)NC(=O)c1cccc(OC)c1. The van der Waals surface area contributed by atoms with E-state index in [0.717, 1.165) is 12.8 Å². The van der Waals surface area contributed by atoms with Gasteiger partial charge in [-0.3, -0.25) is 10.1 Å². The van der Waals surface area contributed by atoms with Gasteiger partial charge in [-0.1, -0.05) is 36.4 Å². The van der Waals surface area contributed by atoms with Crippen LogP contribution in [0.2, 0.25) is 0 Å². The number of hydrogen-bond donors (Lipinski definition) is 1. The Morgan fingerprint density at radius 1 is 1.07 bits per heavy atom. The third-order valence-corrected chi connectivity index (χ3v) is 3.94. The lowest BCUT2D eigenvalue weighted by Crippen LogP contribution is -2.33. The summed E-state index contributed by atoms with van der Waals surface area (Å²) in [7, 11) is 1.56. The fourth-order valence-electron chi connectivity index (χ4n) is 2.50. The Bertz CT molecular complexity index is 747. The number of methoxy groups -OCH3 is 1. The zero-order chi connectivity index (χ0) is 20.0. The monoisotopic (exact) mass is 384 g/mol. The third kappa shape index (κ3) is 7.80. The van der Waals surface area contributed by atoms with E-state index in [-0.39, 0.29) is 11.9 Å². The molecule has 0 fully saturated rings. The molecule has 0 spiro atoms. The van der Waals surface area contributed by atoms with Crippen LogP contribution in [0.15, 0.2) is 59.6 Å². The van der Waals surface area contributed by atoms with E-state index < -0.39 is 0 Å². The van der Waals surface area contributed by atoms with Crippen molar-refractivity contribution >= 4 is 11.9 Å². The molecule has 2 aromatic rings. The highest BCUT2D eigenvalue weighted by Gasteiger charge is 2.11. The molecule has 1 N–H and O–H groups in total. The van der Waals surface area contributed by atoms with E-state index in [2.05, 4.69) is 22.4 Å². The average molecular weight is 384 g/mol. The Labute approximate surface area is 166 Å². The van der Waals surface area contributed by atoms with Crippen molar-refractivity contribution in [2.75, 3.05) is 33.5 Å². The van der Waals surface area contributed by atoms with Gasteiger partial charge in [-0.2, -0.15) is 0 Å². The highest BCUT2D eigenvalue weighted by molar-refractivity contribution is 6.04. The van der Waals surface area contributed by atoms with Crippen molar-refractivity contribution in [3.05, 3.63) is 65.7 Å². The fourth-order valence-corrected chi connectivity index (χ4v) is 2.50. The molecular formula is C22H28N2O4. The van der Waals surface area contributed by atoms with Gasteiger partial charge in [-0.25, -0.2) is 4.99 Å². The summed E-state index contributed by atoms with van der Waals surface area (Å²) in [5.41, 5.74) is 1.74. The molecule has 0 atom stereocenters. The first kappa shape index (κ1) is 21.4. The van der Waals surface area contributed by atoms with Crippen molar-refractivity contribution in [2.45, 2.75) is 19.8 Å². The minimum absolute atomic E-state index is 0.209. The van der Waals surface area contributed by atoms with Crippen LogP contribution in [-0.4, -0.2) is 45.4 Å². The summed E-state index contributed by atoms with van der Waals surface area (Å²) < 4.78 is 16.1. The molecule has 2 aromatic carbocycles. The smallest absolute Gasteiger partial charge is 0.291 e. The van der Waals surface area contributed by atoms with Gasteiger partial charge in [0.15, 0.2) is 0 Å². The Kier molecular flexibility index (Phi) is 9.58. The molecule has 2 rings (SSSR count). The molecule has 6 heteroatoms. The summed E-state index contributed by atoms with van der Waals surface area (Å²) in [5.74, 6) is 0.323. The summed E-state index contributed by atoms with van der Waals surface area (Å²) in [6.45, 7) is 3.85. The molecule has 0 saturated carbocycles. The van der Waals surface area contributed by atoms with Gasteiger partial charge < -0.3 is 14.2 Å². The first-order valence-electron chi connectivity index (χ1n) is 9.47. The predicted molar refractivity (Wildman–Crippen MR) is 110 cm³/mol. The van der Waals surface area contributed by atoms with E-state index in [1.54, 1.807) is 31.4 Å². The van der Waals surface area contributed by atoms with Crippen LogP contribution in [0.5, 0.6) is 5.75 Å². The maximum Gasteiger partial charge on any atom is 0.291 e. The summed E-state index contributed by atoms with van der Waals surface area (Å²) in [5, 5.41) is 2.74. The van der Waals surface area contributed by atoms with Crippen LogP contribution in [0.1, 0.15) is 29.3 Å². The second-order valence-electron chi connectivity index (χ2n) is 6.01.